The van der Waals surface area contributed by atoms with Gasteiger partial charge in [-0.05, 0) is 6.42 Å². The lowest BCUT2D eigenvalue weighted by Gasteiger charge is -2.31. The van der Waals surface area contributed by atoms with Crippen molar-refractivity contribution in [2.45, 2.75) is 38.5 Å². The Balaban J connectivity index is 2.76. The lowest BCUT2D eigenvalue weighted by atomic mass is 10.1. The molecule has 0 unspecified atom stereocenters. The Labute approximate surface area is 120 Å². The van der Waals surface area contributed by atoms with Crippen molar-refractivity contribution >= 4 is 30.0 Å². The zero-order chi connectivity index (χ0) is 16.2. The summed E-state index contributed by atoms with van der Waals surface area (Å²) >= 11 is 0. The number of carboxylic acid groups (broad SMARTS) is 1. The summed E-state index contributed by atoms with van der Waals surface area (Å²) < 4.78 is 9.67. The summed E-state index contributed by atoms with van der Waals surface area (Å²) in [6.07, 6.45) is 0.403. The number of nitrogens with zero attached hydrogens (tertiary/aromatic N) is 1. The Morgan fingerprint density at radius 3 is 2.33 bits per heavy atom. The molecule has 1 fully saturated rings. The van der Waals surface area contributed by atoms with Crippen LogP contribution in [0.4, 0.5) is 0 Å². The van der Waals surface area contributed by atoms with Gasteiger partial charge >= 0.3 is 11.9 Å². The molecule has 116 valence electrons. The van der Waals surface area contributed by atoms with Gasteiger partial charge in [0.05, 0.1) is 12.0 Å². The highest BCUT2D eigenvalue weighted by Crippen LogP contribution is 2.22. The number of primary amides is 1. The van der Waals surface area contributed by atoms with Crippen LogP contribution in [0, 0.1) is 5.92 Å². The van der Waals surface area contributed by atoms with E-state index in [-0.39, 0.29) is 12.8 Å². The molecule has 0 bridgehead atoms. The van der Waals surface area contributed by atoms with Crippen molar-refractivity contribution < 1.29 is 33.8 Å². The number of esters is 2. The molecule has 1 saturated heterocycles. The van der Waals surface area contributed by atoms with Crippen molar-refractivity contribution in [3.8, 4) is 0 Å². The number of rotatable bonds is 6. The van der Waals surface area contributed by atoms with Crippen LogP contribution in [0.15, 0.2) is 4.99 Å². The summed E-state index contributed by atoms with van der Waals surface area (Å²) in [6.45, 7) is 2.76. The predicted octanol–water partition coefficient (Wildman–Crippen LogP) is -2.11. The molecule has 1 heterocycles. The molecule has 1 aliphatic rings. The van der Waals surface area contributed by atoms with Crippen LogP contribution in [0.5, 0.6) is 0 Å². The molecule has 1 aliphatic heterocycles. The molecule has 21 heavy (non-hydrogen) atoms. The van der Waals surface area contributed by atoms with Gasteiger partial charge in [-0.25, -0.2) is 0 Å². The molecule has 9 heteroatoms. The van der Waals surface area contributed by atoms with Gasteiger partial charge in [0.1, 0.15) is 0 Å². The molecule has 0 aromatic rings. The molecule has 0 spiro atoms. The van der Waals surface area contributed by atoms with E-state index in [0.29, 0.717) is 0 Å². The molecule has 1 rings (SSSR count). The summed E-state index contributed by atoms with van der Waals surface area (Å²) in [5, 5.41) is 10.8. The molecule has 0 aromatic heterocycles. The average molecular weight is 299 g/mol. The number of cyclic esters (lactones) is 2. The zero-order valence-corrected chi connectivity index (χ0v) is 11.5. The summed E-state index contributed by atoms with van der Waals surface area (Å²) in [7, 11) is 0. The van der Waals surface area contributed by atoms with E-state index < -0.39 is 41.6 Å². The van der Waals surface area contributed by atoms with Gasteiger partial charge in [-0.2, -0.15) is 0 Å². The molecule has 1 amide bonds. The van der Waals surface area contributed by atoms with E-state index in [1.165, 1.54) is 13.8 Å². The highest BCUT2D eigenvalue weighted by molar-refractivity contribution is 6.10. The third-order valence-corrected chi connectivity index (χ3v) is 2.55. The Hall–Kier alpha value is -2.45. The molecule has 1 atom stereocenters. The van der Waals surface area contributed by atoms with Crippen LogP contribution in [-0.4, -0.2) is 41.9 Å². The van der Waals surface area contributed by atoms with Gasteiger partial charge in [0.2, 0.25) is 5.91 Å². The number of nitrogens with two attached hydrogens (primary N) is 1. The topological polar surface area (TPSA) is 148 Å². The lowest BCUT2D eigenvalue weighted by molar-refractivity contribution is -0.307. The van der Waals surface area contributed by atoms with Crippen molar-refractivity contribution in [2.24, 2.45) is 16.6 Å². The minimum absolute atomic E-state index is 0.198. The minimum Gasteiger partial charge on any atom is -0.548 e. The van der Waals surface area contributed by atoms with Crippen molar-refractivity contribution in [2.75, 3.05) is 0 Å². The number of hydrogen-bond acceptors (Lipinski definition) is 8. The Kier molecular flexibility index (Phi) is 5.01. The summed E-state index contributed by atoms with van der Waals surface area (Å²) in [5.41, 5.74) is 4.90. The van der Waals surface area contributed by atoms with Gasteiger partial charge in [-0.1, -0.05) is 0 Å². The monoisotopic (exact) mass is 299 g/mol. The third-order valence-electron chi connectivity index (χ3n) is 2.55. The fourth-order valence-electron chi connectivity index (χ4n) is 1.57. The second-order valence-corrected chi connectivity index (χ2v) is 4.86. The standard InChI is InChI=1S/C12H16N2O7/c1-12(2)20-10(18)6(11(19)21-12)5-14-7(9(16)17)3-4-8(13)15/h5-7H,3-4H2,1-2H3,(H2,13,15)(H,16,17)/p-1/t7-/m1/s1. The van der Waals surface area contributed by atoms with Gasteiger partial charge in [-0.3, -0.25) is 19.4 Å². The van der Waals surface area contributed by atoms with Crippen molar-refractivity contribution in [1.29, 1.82) is 0 Å². The maximum absolute atomic E-state index is 11.6. The molecule has 9 nitrogen and oxygen atoms in total. The first kappa shape index (κ1) is 16.6. The van der Waals surface area contributed by atoms with Crippen LogP contribution in [0.25, 0.3) is 0 Å². The average Bonchev–Trinajstić information content (AvgIpc) is 2.29. The molecule has 2 N–H and O–H groups in total. The quantitative estimate of drug-likeness (QED) is 0.335. The van der Waals surface area contributed by atoms with E-state index in [4.69, 9.17) is 15.2 Å². The first-order valence-corrected chi connectivity index (χ1v) is 6.10. The summed E-state index contributed by atoms with van der Waals surface area (Å²) in [5.74, 6) is -6.87. The van der Waals surface area contributed by atoms with Gasteiger partial charge in [0.15, 0.2) is 5.92 Å². The summed E-state index contributed by atoms with van der Waals surface area (Å²) in [4.78, 5) is 48.3. The largest absolute Gasteiger partial charge is 0.548 e. The first-order chi connectivity index (χ1) is 9.62. The van der Waals surface area contributed by atoms with Crippen LogP contribution >= 0.6 is 0 Å². The molecule has 0 aliphatic carbocycles. The van der Waals surface area contributed by atoms with Gasteiger partial charge in [0, 0.05) is 26.5 Å². The van der Waals surface area contributed by atoms with Crippen LogP contribution < -0.4 is 10.8 Å². The number of carbonyl (C=O) groups is 4. The van der Waals surface area contributed by atoms with Crippen LogP contribution in [0.2, 0.25) is 0 Å². The van der Waals surface area contributed by atoms with E-state index in [1.54, 1.807) is 0 Å². The zero-order valence-electron chi connectivity index (χ0n) is 11.5. The van der Waals surface area contributed by atoms with Crippen molar-refractivity contribution in [1.82, 2.24) is 0 Å². The van der Waals surface area contributed by atoms with Crippen molar-refractivity contribution in [3.05, 3.63) is 0 Å². The van der Waals surface area contributed by atoms with E-state index in [9.17, 15) is 24.3 Å². The number of carboxylic acids is 1. The molecular weight excluding hydrogens is 284 g/mol. The number of ether oxygens (including phenoxy) is 2. The number of amides is 1. The summed E-state index contributed by atoms with van der Waals surface area (Å²) in [6, 6.07) is -1.40. The van der Waals surface area contributed by atoms with Gasteiger partial charge < -0.3 is 25.1 Å². The first-order valence-electron chi connectivity index (χ1n) is 6.10. The normalized spacial score (nSPS) is 19.9. The maximum atomic E-state index is 11.6. The van der Waals surface area contributed by atoms with Crippen LogP contribution in [0.3, 0.4) is 0 Å². The number of hydrogen-bond donors (Lipinski definition) is 1. The minimum atomic E-state index is -1.55. The SMILES string of the molecule is CC1(C)OC(=O)C(C=N[C@H](CCC(N)=O)C(=O)[O-])C(=O)O1. The molecule has 0 saturated carbocycles. The van der Waals surface area contributed by atoms with Crippen LogP contribution in [-0.2, 0) is 28.7 Å². The van der Waals surface area contributed by atoms with Crippen molar-refractivity contribution in [3.63, 3.8) is 0 Å². The lowest BCUT2D eigenvalue weighted by Crippen LogP contribution is -2.47. The second kappa shape index (κ2) is 6.33. The van der Waals surface area contributed by atoms with Gasteiger partial charge in [0.25, 0.3) is 5.79 Å². The van der Waals surface area contributed by atoms with E-state index in [1.807, 2.05) is 0 Å². The fraction of sp³-hybridized carbons (Fsp3) is 0.583. The van der Waals surface area contributed by atoms with Crippen LogP contribution in [0.1, 0.15) is 26.7 Å². The maximum Gasteiger partial charge on any atom is 0.329 e. The Morgan fingerprint density at radius 1 is 1.38 bits per heavy atom. The number of aliphatic imine (C=N–C) groups is 1. The fourth-order valence-corrected chi connectivity index (χ4v) is 1.57. The van der Waals surface area contributed by atoms with E-state index in [0.717, 1.165) is 6.21 Å². The Bertz CT molecular complexity index is 478. The van der Waals surface area contributed by atoms with Gasteiger partial charge in [-0.15, -0.1) is 0 Å². The highest BCUT2D eigenvalue weighted by Gasteiger charge is 2.42. The number of carbonyl (C=O) groups excluding carboxylic acids is 4. The molecular formula is C12H15N2O7-. The molecule has 0 aromatic carbocycles. The van der Waals surface area contributed by atoms with E-state index >= 15 is 0 Å². The number of aliphatic carboxylic acids is 1. The van der Waals surface area contributed by atoms with E-state index in [2.05, 4.69) is 4.99 Å². The highest BCUT2D eigenvalue weighted by atomic mass is 16.7. The smallest absolute Gasteiger partial charge is 0.329 e. The predicted molar refractivity (Wildman–Crippen MR) is 65.5 cm³/mol. The third kappa shape index (κ3) is 4.86. The second-order valence-electron chi connectivity index (χ2n) is 4.86. The Morgan fingerprint density at radius 2 is 1.90 bits per heavy atom. The molecule has 0 radical (unpaired) electrons.